The number of benzene rings is 1. The molecule has 0 N–H and O–H groups in total. The van der Waals surface area contributed by atoms with Gasteiger partial charge in [-0.05, 0) is 36.5 Å². The summed E-state index contributed by atoms with van der Waals surface area (Å²) in [6.07, 6.45) is 13.4. The van der Waals surface area contributed by atoms with Gasteiger partial charge < -0.3 is 9.47 Å². The molecular weight excluding hydrogens is 272 g/mol. The van der Waals surface area contributed by atoms with Crippen LogP contribution >= 0.6 is 0 Å². The first-order valence-electron chi connectivity index (χ1n) is 9.24. The lowest BCUT2D eigenvalue weighted by atomic mass is 9.88. The zero-order chi connectivity index (χ0) is 15.6. The maximum atomic E-state index is 5.55. The molecule has 1 heterocycles. The number of hydrogen-bond acceptors (Lipinski definition) is 2. The van der Waals surface area contributed by atoms with E-state index in [1.165, 1.54) is 69.8 Å². The maximum Gasteiger partial charge on any atom is 0.231 e. The van der Waals surface area contributed by atoms with Crippen molar-refractivity contribution in [3.8, 4) is 11.5 Å². The van der Waals surface area contributed by atoms with Crippen LogP contribution in [0.2, 0.25) is 0 Å². The van der Waals surface area contributed by atoms with E-state index in [-0.39, 0.29) is 0 Å². The third kappa shape index (κ3) is 5.23. The van der Waals surface area contributed by atoms with E-state index in [1.807, 2.05) is 0 Å². The molecule has 1 aliphatic heterocycles. The lowest BCUT2D eigenvalue weighted by Gasteiger charge is -2.18. The number of unbranched alkanes of at least 4 members (excludes halogenated alkanes) is 6. The smallest absolute Gasteiger partial charge is 0.231 e. The van der Waals surface area contributed by atoms with Gasteiger partial charge in [-0.2, -0.15) is 0 Å². The zero-order valence-corrected chi connectivity index (χ0v) is 14.4. The summed E-state index contributed by atoms with van der Waals surface area (Å²) in [5.41, 5.74) is 1.44. The van der Waals surface area contributed by atoms with E-state index in [0.29, 0.717) is 12.7 Å². The average Bonchev–Trinajstić information content (AvgIpc) is 3.00. The molecule has 0 saturated carbocycles. The van der Waals surface area contributed by atoms with E-state index in [4.69, 9.17) is 9.47 Å². The fourth-order valence-corrected chi connectivity index (χ4v) is 3.28. The Morgan fingerprint density at radius 1 is 0.818 bits per heavy atom. The molecule has 1 aliphatic rings. The predicted molar refractivity (Wildman–Crippen MR) is 92.8 cm³/mol. The molecule has 1 unspecified atom stereocenters. The fourth-order valence-electron chi connectivity index (χ4n) is 3.28. The second-order valence-electron chi connectivity index (χ2n) is 6.51. The molecule has 0 spiro atoms. The highest BCUT2D eigenvalue weighted by molar-refractivity contribution is 5.45. The molecule has 0 amide bonds. The van der Waals surface area contributed by atoms with Gasteiger partial charge in [0.05, 0.1) is 0 Å². The largest absolute Gasteiger partial charge is 0.454 e. The molecule has 0 radical (unpaired) electrons. The summed E-state index contributed by atoms with van der Waals surface area (Å²) in [6, 6.07) is 6.54. The van der Waals surface area contributed by atoms with Crippen molar-refractivity contribution in [3.05, 3.63) is 23.8 Å². The van der Waals surface area contributed by atoms with Crippen molar-refractivity contribution in [3.63, 3.8) is 0 Å². The molecule has 22 heavy (non-hydrogen) atoms. The van der Waals surface area contributed by atoms with Gasteiger partial charge in [0.25, 0.3) is 0 Å². The molecule has 0 aliphatic carbocycles. The van der Waals surface area contributed by atoms with Gasteiger partial charge in [0.15, 0.2) is 11.5 Å². The first-order chi connectivity index (χ1) is 10.8. The Balaban J connectivity index is 1.90. The zero-order valence-electron chi connectivity index (χ0n) is 14.4. The molecule has 1 atom stereocenters. The molecule has 2 rings (SSSR count). The van der Waals surface area contributed by atoms with Crippen molar-refractivity contribution in [1.82, 2.24) is 0 Å². The van der Waals surface area contributed by atoms with Gasteiger partial charge in [-0.3, -0.25) is 0 Å². The second-order valence-corrected chi connectivity index (χ2v) is 6.51. The molecule has 124 valence electrons. The molecule has 0 bridgehead atoms. The highest BCUT2D eigenvalue weighted by Crippen LogP contribution is 2.37. The summed E-state index contributed by atoms with van der Waals surface area (Å²) in [6.45, 7) is 4.93. The van der Waals surface area contributed by atoms with E-state index >= 15 is 0 Å². The van der Waals surface area contributed by atoms with Gasteiger partial charge in [-0.15, -0.1) is 0 Å². The van der Waals surface area contributed by atoms with Crippen molar-refractivity contribution in [2.24, 2.45) is 0 Å². The second kappa shape index (κ2) is 9.76. The lowest BCUT2D eigenvalue weighted by Crippen LogP contribution is -2.00. The first-order valence-corrected chi connectivity index (χ1v) is 9.24. The fraction of sp³-hybridized carbons (Fsp3) is 0.700. The van der Waals surface area contributed by atoms with Gasteiger partial charge >= 0.3 is 0 Å². The van der Waals surface area contributed by atoms with E-state index in [9.17, 15) is 0 Å². The van der Waals surface area contributed by atoms with Gasteiger partial charge in [0.1, 0.15) is 0 Å². The summed E-state index contributed by atoms with van der Waals surface area (Å²) in [4.78, 5) is 0. The molecule has 2 nitrogen and oxygen atoms in total. The molecule has 0 fully saturated rings. The lowest BCUT2D eigenvalue weighted by molar-refractivity contribution is 0.174. The summed E-state index contributed by atoms with van der Waals surface area (Å²) in [7, 11) is 0. The topological polar surface area (TPSA) is 18.5 Å². The summed E-state index contributed by atoms with van der Waals surface area (Å²) in [5, 5.41) is 0. The van der Waals surface area contributed by atoms with Crippen LogP contribution in [-0.4, -0.2) is 6.79 Å². The minimum absolute atomic E-state index is 0.371. The highest BCUT2D eigenvalue weighted by atomic mass is 16.7. The standard InChI is InChI=1S/C20H32O2/c1-3-5-7-8-10-12-17(11-9-6-4-2)18-13-14-19-20(15-18)22-16-21-19/h13-15,17H,3-12,16H2,1-2H3. The Morgan fingerprint density at radius 3 is 2.23 bits per heavy atom. The average molecular weight is 304 g/mol. The minimum atomic E-state index is 0.371. The Bertz CT molecular complexity index is 428. The molecule has 0 saturated heterocycles. The maximum absolute atomic E-state index is 5.55. The predicted octanol–water partition coefficient (Wildman–Crippen LogP) is 6.44. The van der Waals surface area contributed by atoms with Gasteiger partial charge in [0.2, 0.25) is 6.79 Å². The van der Waals surface area contributed by atoms with Crippen LogP contribution in [0.15, 0.2) is 18.2 Å². The van der Waals surface area contributed by atoms with Crippen LogP contribution in [0.25, 0.3) is 0 Å². The van der Waals surface area contributed by atoms with Crippen LogP contribution in [-0.2, 0) is 0 Å². The normalized spacial score (nSPS) is 14.3. The van der Waals surface area contributed by atoms with E-state index in [0.717, 1.165) is 11.5 Å². The van der Waals surface area contributed by atoms with E-state index in [2.05, 4.69) is 32.0 Å². The van der Waals surface area contributed by atoms with Gasteiger partial charge in [-0.1, -0.05) is 71.3 Å². The Labute approximate surface area is 136 Å². The molecule has 0 aromatic heterocycles. The first kappa shape index (κ1) is 17.2. The summed E-state index contributed by atoms with van der Waals surface area (Å²) in [5.74, 6) is 2.52. The third-order valence-corrected chi connectivity index (χ3v) is 4.68. The quantitative estimate of drug-likeness (QED) is 0.438. The number of ether oxygens (including phenoxy) is 2. The highest BCUT2D eigenvalue weighted by Gasteiger charge is 2.17. The molecular formula is C20H32O2. The van der Waals surface area contributed by atoms with Gasteiger partial charge in [-0.25, -0.2) is 0 Å². The van der Waals surface area contributed by atoms with Crippen molar-refractivity contribution < 1.29 is 9.47 Å². The third-order valence-electron chi connectivity index (χ3n) is 4.68. The van der Waals surface area contributed by atoms with Crippen molar-refractivity contribution in [2.45, 2.75) is 84.0 Å². The SMILES string of the molecule is CCCCCCCC(CCCCC)c1ccc2c(c1)OCO2. The Kier molecular flexibility index (Phi) is 7.62. The number of hydrogen-bond donors (Lipinski definition) is 0. The summed E-state index contributed by atoms with van der Waals surface area (Å²) >= 11 is 0. The number of rotatable bonds is 11. The van der Waals surface area contributed by atoms with E-state index in [1.54, 1.807) is 0 Å². The van der Waals surface area contributed by atoms with Crippen molar-refractivity contribution in [2.75, 3.05) is 6.79 Å². The molecule has 1 aromatic carbocycles. The van der Waals surface area contributed by atoms with Crippen molar-refractivity contribution >= 4 is 0 Å². The Hall–Kier alpha value is -1.18. The van der Waals surface area contributed by atoms with Crippen LogP contribution in [0.3, 0.4) is 0 Å². The molecule has 1 aromatic rings. The van der Waals surface area contributed by atoms with Gasteiger partial charge in [0, 0.05) is 0 Å². The van der Waals surface area contributed by atoms with E-state index < -0.39 is 0 Å². The Morgan fingerprint density at radius 2 is 1.45 bits per heavy atom. The summed E-state index contributed by atoms with van der Waals surface area (Å²) < 4.78 is 11.0. The number of fused-ring (bicyclic) bond motifs is 1. The minimum Gasteiger partial charge on any atom is -0.454 e. The van der Waals surface area contributed by atoms with Crippen LogP contribution in [0.4, 0.5) is 0 Å². The van der Waals surface area contributed by atoms with Crippen LogP contribution in [0.1, 0.15) is 89.5 Å². The van der Waals surface area contributed by atoms with Crippen LogP contribution in [0.5, 0.6) is 11.5 Å². The molecule has 2 heteroatoms. The van der Waals surface area contributed by atoms with Crippen LogP contribution in [0, 0.1) is 0 Å². The van der Waals surface area contributed by atoms with Crippen molar-refractivity contribution in [1.29, 1.82) is 0 Å². The van der Waals surface area contributed by atoms with Crippen LogP contribution < -0.4 is 9.47 Å². The monoisotopic (exact) mass is 304 g/mol.